The van der Waals surface area contributed by atoms with E-state index in [2.05, 4.69) is 22.2 Å². The molecule has 1 aliphatic rings. The Morgan fingerprint density at radius 1 is 1.25 bits per heavy atom. The number of rotatable bonds is 5. The number of nitrogens with two attached hydrogens (primary N) is 1. The standard InChI is InChI=1S/C15H26N4O/c1-3-7-12-17-13(16)11(2)14(18-12)19-15(10-20)8-5-4-6-9-15/h20H,3-10H2,1-2H3,(H3,16,17,18,19). The number of aromatic nitrogens is 2. The predicted octanol–water partition coefficient (Wildman–Crippen LogP) is 2.43. The van der Waals surface area contributed by atoms with Gasteiger partial charge in [0.15, 0.2) is 0 Å². The molecule has 0 aromatic carbocycles. The molecule has 1 fully saturated rings. The molecule has 0 unspecified atom stereocenters. The van der Waals surface area contributed by atoms with Crippen molar-refractivity contribution in [1.29, 1.82) is 0 Å². The number of anilines is 2. The molecule has 0 amide bonds. The average molecular weight is 278 g/mol. The fourth-order valence-corrected chi connectivity index (χ4v) is 2.84. The molecule has 1 saturated carbocycles. The summed E-state index contributed by atoms with van der Waals surface area (Å²) in [5, 5.41) is 13.3. The fourth-order valence-electron chi connectivity index (χ4n) is 2.84. The van der Waals surface area contributed by atoms with Gasteiger partial charge in [0.25, 0.3) is 0 Å². The van der Waals surface area contributed by atoms with Gasteiger partial charge in [0, 0.05) is 12.0 Å². The van der Waals surface area contributed by atoms with Crippen molar-refractivity contribution >= 4 is 11.6 Å². The molecule has 2 rings (SSSR count). The number of nitrogen functional groups attached to an aromatic ring is 1. The van der Waals surface area contributed by atoms with E-state index in [1.54, 1.807) is 0 Å². The van der Waals surface area contributed by atoms with Crippen LogP contribution in [0.3, 0.4) is 0 Å². The van der Waals surface area contributed by atoms with Gasteiger partial charge in [-0.15, -0.1) is 0 Å². The number of aliphatic hydroxyl groups excluding tert-OH is 1. The average Bonchev–Trinajstić information content (AvgIpc) is 2.45. The van der Waals surface area contributed by atoms with Gasteiger partial charge in [-0.25, -0.2) is 9.97 Å². The minimum absolute atomic E-state index is 0.138. The van der Waals surface area contributed by atoms with E-state index in [0.717, 1.165) is 55.7 Å². The van der Waals surface area contributed by atoms with Crippen molar-refractivity contribution in [3.63, 3.8) is 0 Å². The van der Waals surface area contributed by atoms with Crippen LogP contribution in [-0.2, 0) is 6.42 Å². The highest BCUT2D eigenvalue weighted by atomic mass is 16.3. The number of aliphatic hydroxyl groups is 1. The Kier molecular flexibility index (Phi) is 4.81. The van der Waals surface area contributed by atoms with E-state index in [1.807, 2.05) is 6.92 Å². The van der Waals surface area contributed by atoms with E-state index < -0.39 is 0 Å². The lowest BCUT2D eigenvalue weighted by Crippen LogP contribution is -2.44. The molecule has 5 heteroatoms. The van der Waals surface area contributed by atoms with Crippen LogP contribution in [0.1, 0.15) is 56.8 Å². The summed E-state index contributed by atoms with van der Waals surface area (Å²) in [6.45, 7) is 4.17. The highest BCUT2D eigenvalue weighted by molar-refractivity contribution is 5.56. The second kappa shape index (κ2) is 6.39. The number of aryl methyl sites for hydroxylation is 1. The maximum atomic E-state index is 9.80. The molecule has 112 valence electrons. The lowest BCUT2D eigenvalue weighted by Gasteiger charge is -2.37. The minimum atomic E-state index is -0.243. The molecule has 1 heterocycles. The Bertz CT molecular complexity index is 455. The van der Waals surface area contributed by atoms with Gasteiger partial charge >= 0.3 is 0 Å². The molecule has 5 nitrogen and oxygen atoms in total. The van der Waals surface area contributed by atoms with E-state index in [9.17, 15) is 5.11 Å². The van der Waals surface area contributed by atoms with Gasteiger partial charge in [0.2, 0.25) is 0 Å². The predicted molar refractivity (Wildman–Crippen MR) is 81.7 cm³/mol. The summed E-state index contributed by atoms with van der Waals surface area (Å²) >= 11 is 0. The summed E-state index contributed by atoms with van der Waals surface area (Å²) in [6, 6.07) is 0. The Morgan fingerprint density at radius 3 is 2.55 bits per heavy atom. The van der Waals surface area contributed by atoms with Crippen molar-refractivity contribution in [3.05, 3.63) is 11.4 Å². The summed E-state index contributed by atoms with van der Waals surface area (Å²) in [7, 11) is 0. The van der Waals surface area contributed by atoms with E-state index in [1.165, 1.54) is 6.42 Å². The monoisotopic (exact) mass is 278 g/mol. The highest BCUT2D eigenvalue weighted by Gasteiger charge is 2.32. The minimum Gasteiger partial charge on any atom is -0.394 e. The van der Waals surface area contributed by atoms with Crippen molar-refractivity contribution in [3.8, 4) is 0 Å². The van der Waals surface area contributed by atoms with Gasteiger partial charge in [-0.3, -0.25) is 0 Å². The molecule has 1 aliphatic carbocycles. The SMILES string of the molecule is CCCc1nc(N)c(C)c(NC2(CO)CCCCC2)n1. The van der Waals surface area contributed by atoms with Gasteiger partial charge in [-0.05, 0) is 26.2 Å². The second-order valence-electron chi connectivity index (χ2n) is 5.87. The molecule has 20 heavy (non-hydrogen) atoms. The third-order valence-corrected chi connectivity index (χ3v) is 4.20. The van der Waals surface area contributed by atoms with E-state index in [0.29, 0.717) is 5.82 Å². The zero-order chi connectivity index (χ0) is 14.6. The van der Waals surface area contributed by atoms with Gasteiger partial charge < -0.3 is 16.2 Å². The molecule has 0 bridgehead atoms. The van der Waals surface area contributed by atoms with Crippen molar-refractivity contribution in [2.24, 2.45) is 0 Å². The van der Waals surface area contributed by atoms with E-state index in [4.69, 9.17) is 5.73 Å². The molecule has 0 spiro atoms. The molecular weight excluding hydrogens is 252 g/mol. The van der Waals surface area contributed by atoms with Gasteiger partial charge in [-0.1, -0.05) is 26.2 Å². The number of nitrogens with one attached hydrogen (secondary N) is 1. The lowest BCUT2D eigenvalue weighted by atomic mass is 9.82. The molecule has 0 saturated heterocycles. The van der Waals surface area contributed by atoms with Gasteiger partial charge in [0.05, 0.1) is 12.1 Å². The lowest BCUT2D eigenvalue weighted by molar-refractivity contribution is 0.172. The Labute approximate surface area is 121 Å². The number of nitrogens with zero attached hydrogens (tertiary/aromatic N) is 2. The van der Waals surface area contributed by atoms with Crippen molar-refractivity contribution in [1.82, 2.24) is 9.97 Å². The summed E-state index contributed by atoms with van der Waals surface area (Å²) < 4.78 is 0. The summed E-state index contributed by atoms with van der Waals surface area (Å²) in [5.41, 5.74) is 6.62. The first kappa shape index (κ1) is 15.0. The first-order valence-electron chi connectivity index (χ1n) is 7.62. The molecule has 0 radical (unpaired) electrons. The van der Waals surface area contributed by atoms with Crippen molar-refractivity contribution in [2.75, 3.05) is 17.7 Å². The van der Waals surface area contributed by atoms with Gasteiger partial charge in [-0.2, -0.15) is 0 Å². The van der Waals surface area contributed by atoms with Crippen LogP contribution in [-0.4, -0.2) is 27.2 Å². The van der Waals surface area contributed by atoms with Crippen LogP contribution in [0.15, 0.2) is 0 Å². The normalized spacial score (nSPS) is 17.9. The van der Waals surface area contributed by atoms with Crippen LogP contribution in [0, 0.1) is 6.92 Å². The Balaban J connectivity index is 2.26. The molecule has 1 aromatic heterocycles. The second-order valence-corrected chi connectivity index (χ2v) is 5.87. The summed E-state index contributed by atoms with van der Waals surface area (Å²) in [4.78, 5) is 8.93. The molecule has 1 aromatic rings. The third-order valence-electron chi connectivity index (χ3n) is 4.20. The third kappa shape index (κ3) is 3.20. The van der Waals surface area contributed by atoms with Gasteiger partial charge in [0.1, 0.15) is 17.5 Å². The zero-order valence-electron chi connectivity index (χ0n) is 12.6. The van der Waals surface area contributed by atoms with Crippen LogP contribution >= 0.6 is 0 Å². The van der Waals surface area contributed by atoms with Crippen LogP contribution in [0.5, 0.6) is 0 Å². The largest absolute Gasteiger partial charge is 0.394 e. The number of hydrogen-bond acceptors (Lipinski definition) is 5. The first-order chi connectivity index (χ1) is 9.60. The Morgan fingerprint density at radius 2 is 1.95 bits per heavy atom. The van der Waals surface area contributed by atoms with Crippen LogP contribution in [0.4, 0.5) is 11.6 Å². The topological polar surface area (TPSA) is 84.1 Å². The molecular formula is C15H26N4O. The first-order valence-corrected chi connectivity index (χ1v) is 7.62. The maximum absolute atomic E-state index is 9.80. The quantitative estimate of drug-likeness (QED) is 0.770. The zero-order valence-corrected chi connectivity index (χ0v) is 12.6. The van der Waals surface area contributed by atoms with Crippen LogP contribution in [0.25, 0.3) is 0 Å². The summed E-state index contributed by atoms with van der Waals surface area (Å²) in [6.07, 6.45) is 7.32. The summed E-state index contributed by atoms with van der Waals surface area (Å²) in [5.74, 6) is 2.11. The highest BCUT2D eigenvalue weighted by Crippen LogP contribution is 2.32. The Hall–Kier alpha value is -1.36. The van der Waals surface area contributed by atoms with E-state index >= 15 is 0 Å². The van der Waals surface area contributed by atoms with Crippen LogP contribution in [0.2, 0.25) is 0 Å². The fraction of sp³-hybridized carbons (Fsp3) is 0.733. The van der Waals surface area contributed by atoms with E-state index in [-0.39, 0.29) is 12.1 Å². The molecule has 4 N–H and O–H groups in total. The smallest absolute Gasteiger partial charge is 0.135 e. The van der Waals surface area contributed by atoms with Crippen molar-refractivity contribution < 1.29 is 5.11 Å². The molecule has 0 aliphatic heterocycles. The molecule has 0 atom stereocenters. The van der Waals surface area contributed by atoms with Crippen molar-refractivity contribution in [2.45, 2.75) is 64.3 Å². The van der Waals surface area contributed by atoms with Crippen LogP contribution < -0.4 is 11.1 Å². The maximum Gasteiger partial charge on any atom is 0.135 e. The number of hydrogen-bond donors (Lipinski definition) is 3.